The van der Waals surface area contributed by atoms with Crippen LogP contribution in [0.15, 0.2) is 47.5 Å². The first-order chi connectivity index (χ1) is 13.1. The van der Waals surface area contributed by atoms with Gasteiger partial charge in [-0.05, 0) is 37.6 Å². The minimum Gasteiger partial charge on any atom is -0.378 e. The van der Waals surface area contributed by atoms with Crippen molar-refractivity contribution in [2.45, 2.75) is 19.9 Å². The van der Waals surface area contributed by atoms with Crippen LogP contribution in [0.3, 0.4) is 0 Å². The van der Waals surface area contributed by atoms with Crippen molar-refractivity contribution in [3.8, 4) is 0 Å². The van der Waals surface area contributed by atoms with E-state index in [0.29, 0.717) is 24.7 Å². The molecule has 0 amide bonds. The van der Waals surface area contributed by atoms with Crippen molar-refractivity contribution in [2.75, 3.05) is 36.5 Å². The average molecular weight is 365 g/mol. The Morgan fingerprint density at radius 3 is 2.78 bits per heavy atom. The van der Waals surface area contributed by atoms with Crippen LogP contribution in [-0.4, -0.2) is 40.7 Å². The highest BCUT2D eigenvalue weighted by Crippen LogP contribution is 2.23. The molecule has 0 aliphatic carbocycles. The quantitative estimate of drug-likeness (QED) is 0.766. The van der Waals surface area contributed by atoms with E-state index < -0.39 is 0 Å². The second-order valence-corrected chi connectivity index (χ2v) is 6.80. The highest BCUT2D eigenvalue weighted by Gasteiger charge is 2.18. The van der Waals surface area contributed by atoms with E-state index in [1.54, 1.807) is 16.7 Å². The molecular formula is C20H23N5O2. The summed E-state index contributed by atoms with van der Waals surface area (Å²) in [6.07, 6.45) is 3.59. The molecule has 27 heavy (non-hydrogen) atoms. The fourth-order valence-corrected chi connectivity index (χ4v) is 3.38. The summed E-state index contributed by atoms with van der Waals surface area (Å²) in [5, 5.41) is 3.40. The Morgan fingerprint density at radius 1 is 1.22 bits per heavy atom. The van der Waals surface area contributed by atoms with Gasteiger partial charge in [0.05, 0.1) is 19.3 Å². The van der Waals surface area contributed by atoms with Crippen LogP contribution in [0.25, 0.3) is 5.65 Å². The predicted octanol–water partition coefficient (Wildman–Crippen LogP) is 2.41. The molecule has 3 aromatic heterocycles. The number of nitrogens with zero attached hydrogens (tertiary/aromatic N) is 4. The lowest BCUT2D eigenvalue weighted by Gasteiger charge is -2.28. The number of rotatable bonds is 4. The SMILES string of the molecule is Cc1cc(C(C)Nc2ccccn2)c2nc(N3CCOCC3)cc(=O)n2c1. The predicted molar refractivity (Wildman–Crippen MR) is 106 cm³/mol. The molecule has 1 atom stereocenters. The molecule has 1 unspecified atom stereocenters. The zero-order valence-electron chi connectivity index (χ0n) is 15.6. The van der Waals surface area contributed by atoms with E-state index in [1.807, 2.05) is 31.3 Å². The highest BCUT2D eigenvalue weighted by atomic mass is 16.5. The zero-order chi connectivity index (χ0) is 18.8. The molecule has 4 heterocycles. The fraction of sp³-hybridized carbons (Fsp3) is 0.350. The number of fused-ring (bicyclic) bond motifs is 1. The van der Waals surface area contributed by atoms with E-state index in [1.165, 1.54) is 0 Å². The second-order valence-electron chi connectivity index (χ2n) is 6.80. The Kier molecular flexibility index (Phi) is 4.77. The molecule has 1 aliphatic rings. The third-order valence-corrected chi connectivity index (χ3v) is 4.74. The monoisotopic (exact) mass is 365 g/mol. The van der Waals surface area contributed by atoms with Gasteiger partial charge in [-0.25, -0.2) is 9.97 Å². The number of pyridine rings is 2. The zero-order valence-corrected chi connectivity index (χ0v) is 15.6. The van der Waals surface area contributed by atoms with Crippen LogP contribution in [0.1, 0.15) is 24.1 Å². The molecule has 140 valence electrons. The molecule has 7 heteroatoms. The van der Waals surface area contributed by atoms with E-state index in [-0.39, 0.29) is 11.6 Å². The highest BCUT2D eigenvalue weighted by molar-refractivity contribution is 5.57. The van der Waals surface area contributed by atoms with E-state index in [4.69, 9.17) is 9.72 Å². The topological polar surface area (TPSA) is 71.8 Å². The summed E-state index contributed by atoms with van der Waals surface area (Å²) in [5.41, 5.74) is 2.57. The molecular weight excluding hydrogens is 342 g/mol. The summed E-state index contributed by atoms with van der Waals surface area (Å²) in [6, 6.07) is 9.38. The van der Waals surface area contributed by atoms with E-state index in [2.05, 4.69) is 28.2 Å². The molecule has 0 radical (unpaired) electrons. The molecule has 0 spiro atoms. The first-order valence-electron chi connectivity index (χ1n) is 9.16. The summed E-state index contributed by atoms with van der Waals surface area (Å²) in [6.45, 7) is 6.83. The minimum atomic E-state index is -0.0727. The maximum absolute atomic E-state index is 12.8. The molecule has 0 aromatic carbocycles. The van der Waals surface area contributed by atoms with E-state index in [0.717, 1.165) is 30.0 Å². The first-order valence-corrected chi connectivity index (χ1v) is 9.16. The van der Waals surface area contributed by atoms with Crippen molar-refractivity contribution in [3.63, 3.8) is 0 Å². The van der Waals surface area contributed by atoms with Crippen LogP contribution < -0.4 is 15.8 Å². The third-order valence-electron chi connectivity index (χ3n) is 4.74. The number of aromatic nitrogens is 3. The van der Waals surface area contributed by atoms with Crippen molar-refractivity contribution in [3.05, 3.63) is 64.2 Å². The number of hydrogen-bond donors (Lipinski definition) is 1. The minimum absolute atomic E-state index is 0.0540. The summed E-state index contributed by atoms with van der Waals surface area (Å²) >= 11 is 0. The van der Waals surface area contributed by atoms with Crippen molar-refractivity contribution < 1.29 is 4.74 Å². The molecule has 4 rings (SSSR count). The smallest absolute Gasteiger partial charge is 0.259 e. The number of aryl methyl sites for hydroxylation is 1. The van der Waals surface area contributed by atoms with Crippen LogP contribution in [0.5, 0.6) is 0 Å². The van der Waals surface area contributed by atoms with Crippen molar-refractivity contribution in [2.24, 2.45) is 0 Å². The molecule has 0 bridgehead atoms. The molecule has 1 N–H and O–H groups in total. The number of morpholine rings is 1. The van der Waals surface area contributed by atoms with Gasteiger partial charge < -0.3 is 15.0 Å². The normalized spacial score (nSPS) is 15.7. The number of hydrogen-bond acceptors (Lipinski definition) is 6. The lowest BCUT2D eigenvalue weighted by molar-refractivity contribution is 0.122. The Labute approximate surface area is 157 Å². The van der Waals surface area contributed by atoms with Gasteiger partial charge in [0, 0.05) is 37.1 Å². The Hall–Kier alpha value is -2.93. The van der Waals surface area contributed by atoms with Crippen LogP contribution in [0.2, 0.25) is 0 Å². The molecule has 3 aromatic rings. The van der Waals surface area contributed by atoms with Crippen molar-refractivity contribution in [1.82, 2.24) is 14.4 Å². The van der Waals surface area contributed by atoms with Gasteiger partial charge >= 0.3 is 0 Å². The molecule has 1 aliphatic heterocycles. The van der Waals surface area contributed by atoms with Gasteiger partial charge in [0.2, 0.25) is 0 Å². The molecule has 0 saturated carbocycles. The number of nitrogens with one attached hydrogen (secondary N) is 1. The van der Waals surface area contributed by atoms with Gasteiger partial charge in [0.25, 0.3) is 5.56 Å². The third kappa shape index (κ3) is 3.64. The molecule has 1 fully saturated rings. The lowest BCUT2D eigenvalue weighted by Crippen LogP contribution is -2.37. The molecule has 1 saturated heterocycles. The van der Waals surface area contributed by atoms with Crippen LogP contribution in [0.4, 0.5) is 11.6 Å². The largest absolute Gasteiger partial charge is 0.378 e. The van der Waals surface area contributed by atoms with Crippen molar-refractivity contribution in [1.29, 1.82) is 0 Å². The summed E-state index contributed by atoms with van der Waals surface area (Å²) < 4.78 is 7.04. The van der Waals surface area contributed by atoms with E-state index >= 15 is 0 Å². The van der Waals surface area contributed by atoms with Gasteiger partial charge in [0.15, 0.2) is 0 Å². The Balaban J connectivity index is 1.78. The average Bonchev–Trinajstić information content (AvgIpc) is 2.69. The van der Waals surface area contributed by atoms with Crippen LogP contribution in [0, 0.1) is 6.92 Å². The second kappa shape index (κ2) is 7.36. The lowest BCUT2D eigenvalue weighted by atomic mass is 10.1. The van der Waals surface area contributed by atoms with Gasteiger partial charge in [-0.2, -0.15) is 0 Å². The van der Waals surface area contributed by atoms with Crippen LogP contribution in [-0.2, 0) is 4.74 Å². The van der Waals surface area contributed by atoms with Crippen molar-refractivity contribution >= 4 is 17.3 Å². The van der Waals surface area contributed by atoms with Gasteiger partial charge in [-0.3, -0.25) is 9.20 Å². The Bertz CT molecular complexity index is 996. The molecule has 7 nitrogen and oxygen atoms in total. The summed E-state index contributed by atoms with van der Waals surface area (Å²) in [5.74, 6) is 1.50. The van der Waals surface area contributed by atoms with Gasteiger partial charge in [-0.15, -0.1) is 0 Å². The number of anilines is 2. The van der Waals surface area contributed by atoms with E-state index in [9.17, 15) is 4.79 Å². The maximum Gasteiger partial charge on any atom is 0.259 e. The standard InChI is InChI=1S/C20H23N5O2/c1-14-11-16(15(2)22-17-5-3-4-6-21-17)20-23-18(12-19(26)25(20)13-14)24-7-9-27-10-8-24/h3-6,11-13,15H,7-10H2,1-2H3,(H,21,22). The maximum atomic E-state index is 12.8. The number of ether oxygens (including phenoxy) is 1. The van der Waals surface area contributed by atoms with Gasteiger partial charge in [-0.1, -0.05) is 6.07 Å². The van der Waals surface area contributed by atoms with Gasteiger partial charge in [0.1, 0.15) is 17.3 Å². The summed E-state index contributed by atoms with van der Waals surface area (Å²) in [4.78, 5) is 24.0. The Morgan fingerprint density at radius 2 is 2.04 bits per heavy atom. The first kappa shape index (κ1) is 17.5. The summed E-state index contributed by atoms with van der Waals surface area (Å²) in [7, 11) is 0. The fourth-order valence-electron chi connectivity index (χ4n) is 3.38. The van der Waals surface area contributed by atoms with Crippen LogP contribution >= 0.6 is 0 Å².